The summed E-state index contributed by atoms with van der Waals surface area (Å²) < 4.78 is 46.3. The second-order valence-electron chi connectivity index (χ2n) is 11.1. The Labute approximate surface area is 243 Å². The van der Waals surface area contributed by atoms with Crippen molar-refractivity contribution in [3.63, 3.8) is 0 Å². The zero-order valence-electron chi connectivity index (χ0n) is 23.7. The van der Waals surface area contributed by atoms with Crippen molar-refractivity contribution in [3.05, 3.63) is 101 Å². The van der Waals surface area contributed by atoms with E-state index in [2.05, 4.69) is 5.32 Å². The summed E-state index contributed by atoms with van der Waals surface area (Å²) in [5.74, 6) is -2.30. The van der Waals surface area contributed by atoms with Gasteiger partial charge in [-0.2, -0.15) is 0 Å². The average molecular weight is 578 g/mol. The molecule has 0 aliphatic carbocycles. The summed E-state index contributed by atoms with van der Waals surface area (Å²) in [7, 11) is 0. The van der Waals surface area contributed by atoms with Crippen LogP contribution >= 0.6 is 0 Å². The van der Waals surface area contributed by atoms with E-state index in [0.29, 0.717) is 30.8 Å². The number of hydrogen-bond donors (Lipinski definition) is 1. The molecule has 6 nitrogen and oxygen atoms in total. The molecule has 0 saturated carbocycles. The Hall–Kier alpha value is -4.11. The highest BCUT2D eigenvalue weighted by atomic mass is 19.1. The topological polar surface area (TPSA) is 61.9 Å². The Morgan fingerprint density at radius 2 is 1.69 bits per heavy atom. The predicted molar refractivity (Wildman–Crippen MR) is 154 cm³/mol. The molecular weight excluding hydrogens is 543 g/mol. The first kappa shape index (κ1) is 29.4. The number of likely N-dealkylation sites (tertiary alicyclic amines) is 1. The highest BCUT2D eigenvalue weighted by molar-refractivity contribution is 6.01. The van der Waals surface area contributed by atoms with Crippen LogP contribution < -0.4 is 10.1 Å². The lowest BCUT2D eigenvalue weighted by Crippen LogP contribution is -2.55. The highest BCUT2D eigenvalue weighted by Gasteiger charge is 2.37. The summed E-state index contributed by atoms with van der Waals surface area (Å²) in [5.41, 5.74) is 2.00. The molecule has 2 aliphatic heterocycles. The van der Waals surface area contributed by atoms with E-state index in [1.54, 1.807) is 29.2 Å². The lowest BCUT2D eigenvalue weighted by Gasteiger charge is -2.39. The van der Waals surface area contributed by atoms with Crippen LogP contribution in [0.25, 0.3) is 6.08 Å². The fraction of sp³-hybridized carbons (Fsp3) is 0.333. The van der Waals surface area contributed by atoms with Crippen LogP contribution in [0.15, 0.2) is 66.7 Å². The maximum absolute atomic E-state index is 14.2. The lowest BCUT2D eigenvalue weighted by atomic mass is 9.97. The number of piperidine rings is 1. The van der Waals surface area contributed by atoms with Crippen LogP contribution in [0.4, 0.5) is 13.2 Å². The maximum atomic E-state index is 14.2. The van der Waals surface area contributed by atoms with Crippen molar-refractivity contribution in [1.82, 2.24) is 15.1 Å². The SMILES string of the molecule is CC(C)[C@H](C(=O)N1CCC(NCc2ccc(F)cc2)CC1)N1CC=Cc2ccc(Oc3ccc(F)cc3F)cc2C1=O. The van der Waals surface area contributed by atoms with Crippen molar-refractivity contribution in [2.75, 3.05) is 19.6 Å². The first-order valence-electron chi connectivity index (χ1n) is 14.2. The molecule has 0 radical (unpaired) electrons. The standard InChI is InChI=1S/C33H34F3N3O3/c1-21(2)31(33(41)38-16-13-26(14-17-38)37-20-22-5-8-24(34)9-6-22)39-15-3-4-23-7-11-27(19-28(23)32(39)40)42-30-12-10-25(35)18-29(30)36/h3-12,18-19,21,26,31,37H,13-17,20H2,1-2H3/t31-/m1/s1. The molecule has 0 aromatic heterocycles. The third-order valence-corrected chi connectivity index (χ3v) is 7.77. The third kappa shape index (κ3) is 6.68. The largest absolute Gasteiger partial charge is 0.454 e. The molecule has 1 fully saturated rings. The molecule has 42 heavy (non-hydrogen) atoms. The molecule has 0 bridgehead atoms. The number of ether oxygens (including phenoxy) is 1. The van der Waals surface area contributed by atoms with Gasteiger partial charge in [-0.25, -0.2) is 13.2 Å². The highest BCUT2D eigenvalue weighted by Crippen LogP contribution is 2.30. The minimum Gasteiger partial charge on any atom is -0.454 e. The second kappa shape index (κ2) is 12.8. The summed E-state index contributed by atoms with van der Waals surface area (Å²) in [6, 6.07) is 13.9. The summed E-state index contributed by atoms with van der Waals surface area (Å²) in [6.45, 7) is 5.89. The van der Waals surface area contributed by atoms with Crippen LogP contribution in [0.3, 0.4) is 0 Å². The quantitative estimate of drug-likeness (QED) is 0.348. The molecule has 1 atom stereocenters. The summed E-state index contributed by atoms with van der Waals surface area (Å²) >= 11 is 0. The van der Waals surface area contributed by atoms with Gasteiger partial charge >= 0.3 is 0 Å². The number of nitrogens with one attached hydrogen (secondary N) is 1. The molecule has 2 amide bonds. The van der Waals surface area contributed by atoms with E-state index in [4.69, 9.17) is 4.74 Å². The van der Waals surface area contributed by atoms with Gasteiger partial charge in [0.1, 0.15) is 23.4 Å². The minimum absolute atomic E-state index is 0.0898. The minimum atomic E-state index is -0.849. The van der Waals surface area contributed by atoms with Gasteiger partial charge < -0.3 is 19.9 Å². The van der Waals surface area contributed by atoms with Gasteiger partial charge in [0.2, 0.25) is 5.91 Å². The van der Waals surface area contributed by atoms with Crippen molar-refractivity contribution < 1.29 is 27.5 Å². The summed E-state index contributed by atoms with van der Waals surface area (Å²) in [4.78, 5) is 31.2. The van der Waals surface area contributed by atoms with Gasteiger partial charge in [-0.1, -0.05) is 44.2 Å². The van der Waals surface area contributed by atoms with E-state index < -0.39 is 17.7 Å². The van der Waals surface area contributed by atoms with E-state index in [0.717, 1.165) is 30.5 Å². The predicted octanol–water partition coefficient (Wildman–Crippen LogP) is 6.17. The molecule has 220 valence electrons. The number of nitrogens with zero attached hydrogens (tertiary/aromatic N) is 2. The molecular formula is C33H34F3N3O3. The average Bonchev–Trinajstić information content (AvgIpc) is 3.13. The van der Waals surface area contributed by atoms with Gasteiger partial charge in [0.15, 0.2) is 11.6 Å². The Balaban J connectivity index is 1.27. The lowest BCUT2D eigenvalue weighted by molar-refractivity contribution is -0.138. The van der Waals surface area contributed by atoms with Gasteiger partial charge in [0.25, 0.3) is 5.91 Å². The molecule has 2 heterocycles. The molecule has 0 spiro atoms. The van der Waals surface area contributed by atoms with Gasteiger partial charge in [-0.15, -0.1) is 0 Å². The molecule has 2 aliphatic rings. The zero-order valence-corrected chi connectivity index (χ0v) is 23.7. The van der Waals surface area contributed by atoms with Crippen LogP contribution in [0, 0.1) is 23.4 Å². The van der Waals surface area contributed by atoms with Crippen LogP contribution in [-0.4, -0.2) is 53.3 Å². The van der Waals surface area contributed by atoms with Crippen molar-refractivity contribution in [3.8, 4) is 11.5 Å². The fourth-order valence-electron chi connectivity index (χ4n) is 5.52. The fourth-order valence-corrected chi connectivity index (χ4v) is 5.52. The number of hydrogen-bond acceptors (Lipinski definition) is 4. The normalized spacial score (nSPS) is 16.4. The number of amides is 2. The monoisotopic (exact) mass is 577 g/mol. The van der Waals surface area contributed by atoms with E-state index in [9.17, 15) is 22.8 Å². The number of carbonyl (C=O) groups is 2. The number of benzene rings is 3. The zero-order chi connectivity index (χ0) is 29.8. The number of rotatable bonds is 8. The van der Waals surface area contributed by atoms with Crippen molar-refractivity contribution in [1.29, 1.82) is 0 Å². The van der Waals surface area contributed by atoms with Crippen LogP contribution in [-0.2, 0) is 11.3 Å². The van der Waals surface area contributed by atoms with Crippen molar-refractivity contribution >= 4 is 17.9 Å². The first-order chi connectivity index (χ1) is 20.2. The molecule has 0 unspecified atom stereocenters. The first-order valence-corrected chi connectivity index (χ1v) is 14.2. The number of fused-ring (bicyclic) bond motifs is 1. The molecule has 1 N–H and O–H groups in total. The molecule has 3 aromatic carbocycles. The Morgan fingerprint density at radius 3 is 2.38 bits per heavy atom. The summed E-state index contributed by atoms with van der Waals surface area (Å²) in [5, 5.41) is 3.50. The van der Waals surface area contributed by atoms with Gasteiger partial charge in [-0.3, -0.25) is 9.59 Å². The van der Waals surface area contributed by atoms with E-state index in [-0.39, 0.29) is 47.6 Å². The Morgan fingerprint density at radius 1 is 0.976 bits per heavy atom. The molecule has 3 aromatic rings. The van der Waals surface area contributed by atoms with E-state index in [1.165, 1.54) is 24.3 Å². The number of carbonyl (C=O) groups excluding carboxylic acids is 2. The summed E-state index contributed by atoms with van der Waals surface area (Å²) in [6.07, 6.45) is 5.23. The van der Waals surface area contributed by atoms with E-state index in [1.807, 2.05) is 30.9 Å². The van der Waals surface area contributed by atoms with Crippen molar-refractivity contribution in [2.45, 2.75) is 45.3 Å². The third-order valence-electron chi connectivity index (χ3n) is 7.77. The molecule has 1 saturated heterocycles. The van der Waals surface area contributed by atoms with Gasteiger partial charge in [0, 0.05) is 38.3 Å². The Kier molecular flexibility index (Phi) is 8.97. The van der Waals surface area contributed by atoms with Crippen LogP contribution in [0.2, 0.25) is 0 Å². The van der Waals surface area contributed by atoms with Gasteiger partial charge in [0.05, 0.1) is 5.56 Å². The smallest absolute Gasteiger partial charge is 0.255 e. The van der Waals surface area contributed by atoms with Crippen molar-refractivity contribution in [2.24, 2.45) is 5.92 Å². The van der Waals surface area contributed by atoms with Gasteiger partial charge in [-0.05, 0) is 66.3 Å². The second-order valence-corrected chi connectivity index (χ2v) is 11.1. The van der Waals surface area contributed by atoms with Crippen LogP contribution in [0.5, 0.6) is 11.5 Å². The van der Waals surface area contributed by atoms with Crippen LogP contribution in [0.1, 0.15) is 48.2 Å². The van der Waals surface area contributed by atoms with E-state index >= 15 is 0 Å². The molecule has 9 heteroatoms. The maximum Gasteiger partial charge on any atom is 0.255 e. The Bertz CT molecular complexity index is 1470. The molecule has 5 rings (SSSR count). The number of halogens is 3.